The Morgan fingerprint density at radius 2 is 2.11 bits per heavy atom. The van der Waals surface area contributed by atoms with E-state index < -0.39 is 0 Å². The summed E-state index contributed by atoms with van der Waals surface area (Å²) in [6.07, 6.45) is 7.40. The van der Waals surface area contributed by atoms with Crippen molar-refractivity contribution in [1.29, 1.82) is 0 Å². The first-order chi connectivity index (χ1) is 13.7. The summed E-state index contributed by atoms with van der Waals surface area (Å²) in [6, 6.07) is 11.8. The smallest absolute Gasteiger partial charge is 0.317 e. The maximum atomic E-state index is 12.9. The molecule has 28 heavy (non-hydrogen) atoms. The van der Waals surface area contributed by atoms with Gasteiger partial charge < -0.3 is 10.2 Å². The Balaban J connectivity index is 1.42. The molecule has 1 atom stereocenters. The van der Waals surface area contributed by atoms with Crippen LogP contribution in [0.1, 0.15) is 48.1 Å². The quantitative estimate of drug-likeness (QED) is 0.724. The predicted molar refractivity (Wildman–Crippen MR) is 107 cm³/mol. The van der Waals surface area contributed by atoms with Crippen molar-refractivity contribution in [2.45, 2.75) is 38.6 Å². The fourth-order valence-corrected chi connectivity index (χ4v) is 3.65. The van der Waals surface area contributed by atoms with E-state index in [1.807, 2.05) is 54.4 Å². The number of aromatic amines is 1. The number of piperidine rings is 1. The largest absolute Gasteiger partial charge is 0.322 e. The minimum Gasteiger partial charge on any atom is -0.317 e. The number of carbonyl (C=O) groups is 1. The van der Waals surface area contributed by atoms with Gasteiger partial charge in [-0.1, -0.05) is 18.2 Å². The van der Waals surface area contributed by atoms with Gasteiger partial charge in [0.15, 0.2) is 5.82 Å². The minimum atomic E-state index is -0.0640. The normalized spacial score (nSPS) is 16.8. The Hall–Kier alpha value is -3.22. The van der Waals surface area contributed by atoms with Crippen molar-refractivity contribution in [3.63, 3.8) is 0 Å². The molecule has 7 nitrogen and oxygen atoms in total. The molecule has 0 spiro atoms. The highest BCUT2D eigenvalue weighted by Crippen LogP contribution is 2.31. The van der Waals surface area contributed by atoms with Gasteiger partial charge in [-0.3, -0.25) is 10.1 Å². The summed E-state index contributed by atoms with van der Waals surface area (Å²) in [5, 5.41) is 10.1. The summed E-state index contributed by atoms with van der Waals surface area (Å²) >= 11 is 0. The van der Waals surface area contributed by atoms with Gasteiger partial charge in [-0.15, -0.1) is 0 Å². The molecule has 0 unspecified atom stereocenters. The average Bonchev–Trinajstić information content (AvgIpc) is 3.14. The molecule has 1 aliphatic heterocycles. The molecule has 4 rings (SSSR count). The molecule has 144 valence electrons. The number of H-pyrrole nitrogens is 1. The number of likely N-dealkylation sites (tertiary alicyclic amines) is 1. The lowest BCUT2D eigenvalue weighted by atomic mass is 9.97. The van der Waals surface area contributed by atoms with Crippen LogP contribution in [0.5, 0.6) is 0 Å². The van der Waals surface area contributed by atoms with Gasteiger partial charge in [0.25, 0.3) is 0 Å². The van der Waals surface area contributed by atoms with Gasteiger partial charge >= 0.3 is 6.03 Å². The number of hydrogen-bond donors (Lipinski definition) is 2. The highest BCUT2D eigenvalue weighted by molar-refractivity contribution is 5.89. The van der Waals surface area contributed by atoms with Gasteiger partial charge in [-0.25, -0.2) is 9.78 Å². The zero-order valence-corrected chi connectivity index (χ0v) is 15.9. The summed E-state index contributed by atoms with van der Waals surface area (Å²) in [7, 11) is 0. The zero-order valence-electron chi connectivity index (χ0n) is 15.9. The maximum Gasteiger partial charge on any atom is 0.322 e. The lowest BCUT2D eigenvalue weighted by Gasteiger charge is -2.35. The molecule has 2 aromatic heterocycles. The summed E-state index contributed by atoms with van der Waals surface area (Å²) in [4.78, 5) is 23.4. The van der Waals surface area contributed by atoms with Crippen LogP contribution in [0.3, 0.4) is 0 Å². The average molecular weight is 376 g/mol. The molecule has 7 heteroatoms. The molecule has 0 radical (unpaired) electrons. The molecule has 0 bridgehead atoms. The monoisotopic (exact) mass is 376 g/mol. The van der Waals surface area contributed by atoms with Crippen LogP contribution >= 0.6 is 0 Å². The molecule has 1 aliphatic rings. The van der Waals surface area contributed by atoms with Crippen LogP contribution in [0.4, 0.5) is 10.5 Å². The second-order valence-corrected chi connectivity index (χ2v) is 7.13. The fraction of sp³-hybridized carbons (Fsp3) is 0.333. The van der Waals surface area contributed by atoms with E-state index in [-0.39, 0.29) is 12.1 Å². The summed E-state index contributed by atoms with van der Waals surface area (Å²) in [5.41, 5.74) is 2.98. The van der Waals surface area contributed by atoms with E-state index in [9.17, 15) is 4.79 Å². The van der Waals surface area contributed by atoms with Crippen LogP contribution in [0, 0.1) is 6.92 Å². The Kier molecular flexibility index (Phi) is 5.32. The number of amides is 2. The first kappa shape index (κ1) is 18.2. The number of rotatable bonds is 4. The summed E-state index contributed by atoms with van der Waals surface area (Å²) < 4.78 is 0. The molecular formula is C21H24N6O. The maximum absolute atomic E-state index is 12.9. The van der Waals surface area contributed by atoms with Crippen molar-refractivity contribution in [3.05, 3.63) is 71.6 Å². The molecular weight excluding hydrogens is 352 g/mol. The van der Waals surface area contributed by atoms with Gasteiger partial charge in [0, 0.05) is 31.0 Å². The first-order valence-electron chi connectivity index (χ1n) is 9.63. The van der Waals surface area contributed by atoms with E-state index in [4.69, 9.17) is 0 Å². The Morgan fingerprint density at radius 3 is 2.82 bits per heavy atom. The molecule has 1 saturated heterocycles. The van der Waals surface area contributed by atoms with E-state index >= 15 is 0 Å². The SMILES string of the molecule is Cc1nc(Cc2ccc(NC(=O)N3CCCC[C@H]3c3cccnc3)cc2)n[nH]1. The Morgan fingerprint density at radius 1 is 1.25 bits per heavy atom. The number of carbonyl (C=O) groups excluding carboxylic acids is 1. The fourth-order valence-electron chi connectivity index (χ4n) is 3.65. The third kappa shape index (κ3) is 4.19. The van der Waals surface area contributed by atoms with Crippen LogP contribution in [0.15, 0.2) is 48.8 Å². The van der Waals surface area contributed by atoms with Crippen LogP contribution in [-0.4, -0.2) is 37.6 Å². The highest BCUT2D eigenvalue weighted by atomic mass is 16.2. The second kappa shape index (κ2) is 8.21. The van der Waals surface area contributed by atoms with E-state index in [1.54, 1.807) is 6.20 Å². The van der Waals surface area contributed by atoms with Crippen molar-refractivity contribution < 1.29 is 4.79 Å². The minimum absolute atomic E-state index is 0.0640. The molecule has 0 aliphatic carbocycles. The van der Waals surface area contributed by atoms with Crippen molar-refractivity contribution >= 4 is 11.7 Å². The number of hydrogen-bond acceptors (Lipinski definition) is 4. The topological polar surface area (TPSA) is 86.8 Å². The molecule has 3 aromatic rings. The predicted octanol–water partition coefficient (Wildman–Crippen LogP) is 3.86. The van der Waals surface area contributed by atoms with Crippen molar-refractivity contribution in [2.24, 2.45) is 0 Å². The Bertz CT molecular complexity index is 922. The summed E-state index contributed by atoms with van der Waals surface area (Å²) in [5.74, 6) is 1.57. The highest BCUT2D eigenvalue weighted by Gasteiger charge is 2.28. The number of anilines is 1. The van der Waals surface area contributed by atoms with E-state index in [0.717, 1.165) is 54.3 Å². The number of nitrogens with one attached hydrogen (secondary N) is 2. The number of pyridine rings is 1. The van der Waals surface area contributed by atoms with E-state index in [1.165, 1.54) is 0 Å². The van der Waals surface area contributed by atoms with Gasteiger partial charge in [-0.05, 0) is 55.5 Å². The van der Waals surface area contributed by atoms with Gasteiger partial charge in [0.1, 0.15) is 5.82 Å². The second-order valence-electron chi connectivity index (χ2n) is 7.13. The van der Waals surface area contributed by atoms with Crippen LogP contribution in [0.25, 0.3) is 0 Å². The molecule has 3 heterocycles. The molecule has 2 amide bonds. The van der Waals surface area contributed by atoms with Gasteiger partial charge in [0.05, 0.1) is 6.04 Å². The summed E-state index contributed by atoms with van der Waals surface area (Å²) in [6.45, 7) is 2.64. The molecule has 1 fully saturated rings. The van der Waals surface area contributed by atoms with Gasteiger partial charge in [0.2, 0.25) is 0 Å². The molecule has 2 N–H and O–H groups in total. The number of aryl methyl sites for hydroxylation is 1. The number of urea groups is 1. The lowest BCUT2D eigenvalue weighted by molar-refractivity contribution is 0.163. The number of nitrogens with zero attached hydrogens (tertiary/aromatic N) is 4. The van der Waals surface area contributed by atoms with Crippen LogP contribution < -0.4 is 5.32 Å². The third-order valence-electron chi connectivity index (χ3n) is 5.04. The van der Waals surface area contributed by atoms with Crippen molar-refractivity contribution in [1.82, 2.24) is 25.1 Å². The van der Waals surface area contributed by atoms with Crippen molar-refractivity contribution in [2.75, 3.05) is 11.9 Å². The zero-order chi connectivity index (χ0) is 19.3. The first-order valence-corrected chi connectivity index (χ1v) is 9.63. The third-order valence-corrected chi connectivity index (χ3v) is 5.04. The Labute approximate surface area is 164 Å². The van der Waals surface area contributed by atoms with E-state index in [0.29, 0.717) is 6.42 Å². The molecule has 1 aromatic carbocycles. The standard InChI is InChI=1S/C21H24N6O/c1-15-23-20(26-25-15)13-16-7-9-18(10-8-16)24-21(28)27-12-3-2-6-19(27)17-5-4-11-22-14-17/h4-5,7-11,14,19H,2-3,6,12-13H2,1H3,(H,24,28)(H,23,25,26)/t19-/m0/s1. The van der Waals surface area contributed by atoms with E-state index in [2.05, 4.69) is 25.5 Å². The van der Waals surface area contributed by atoms with Gasteiger partial charge in [-0.2, -0.15) is 5.10 Å². The van der Waals surface area contributed by atoms with Crippen molar-refractivity contribution in [3.8, 4) is 0 Å². The lowest BCUT2D eigenvalue weighted by Crippen LogP contribution is -2.41. The van der Waals surface area contributed by atoms with Crippen LogP contribution in [-0.2, 0) is 6.42 Å². The number of benzene rings is 1. The number of aromatic nitrogens is 4. The van der Waals surface area contributed by atoms with Crippen LogP contribution in [0.2, 0.25) is 0 Å². The molecule has 0 saturated carbocycles.